The summed E-state index contributed by atoms with van der Waals surface area (Å²) in [5.74, 6) is -0.632. The summed E-state index contributed by atoms with van der Waals surface area (Å²) in [5.41, 5.74) is 3.76. The molecule has 1 fully saturated rings. The number of carboxylic acids is 2. The van der Waals surface area contributed by atoms with Crippen molar-refractivity contribution in [3.05, 3.63) is 107 Å². The Labute approximate surface area is 268 Å². The van der Waals surface area contributed by atoms with Gasteiger partial charge in [-0.25, -0.2) is 4.79 Å². The molecule has 7 heteroatoms. The number of para-hydroxylation sites is 1. The molecule has 3 aromatic rings. The van der Waals surface area contributed by atoms with Crippen molar-refractivity contribution in [3.63, 3.8) is 0 Å². The molecule has 2 N–H and O–H groups in total. The van der Waals surface area contributed by atoms with Crippen molar-refractivity contribution < 1.29 is 24.5 Å². The fourth-order valence-electron chi connectivity index (χ4n) is 5.83. The number of nitrogens with zero attached hydrogens (tertiary/aromatic N) is 2. The summed E-state index contributed by atoms with van der Waals surface area (Å²) in [5, 5.41) is 18.2. The van der Waals surface area contributed by atoms with E-state index in [2.05, 4.69) is 58.4 Å². The summed E-state index contributed by atoms with van der Waals surface area (Å²) >= 11 is 0. The molecule has 0 saturated carbocycles. The Bertz CT molecular complexity index is 1330. The molecule has 0 aromatic heterocycles. The third-order valence-electron chi connectivity index (χ3n) is 8.47. The average molecular weight is 613 g/mol. The van der Waals surface area contributed by atoms with Crippen molar-refractivity contribution in [2.24, 2.45) is 5.92 Å². The monoisotopic (exact) mass is 612 g/mol. The van der Waals surface area contributed by atoms with E-state index in [9.17, 15) is 14.7 Å². The maximum Gasteiger partial charge on any atom is 0.335 e. The fourth-order valence-corrected chi connectivity index (χ4v) is 5.83. The van der Waals surface area contributed by atoms with Crippen LogP contribution in [0.5, 0.6) is 5.75 Å². The van der Waals surface area contributed by atoms with Crippen LogP contribution in [-0.2, 0) is 17.8 Å². The van der Waals surface area contributed by atoms with E-state index in [0.717, 1.165) is 88.2 Å². The minimum Gasteiger partial charge on any atom is -0.493 e. The normalized spacial score (nSPS) is 14.8. The molecule has 7 nitrogen and oxygen atoms in total. The van der Waals surface area contributed by atoms with Crippen molar-refractivity contribution in [2.75, 3.05) is 39.3 Å². The minimum absolute atomic E-state index is 0.172. The highest BCUT2D eigenvalue weighted by Crippen LogP contribution is 2.24. The van der Waals surface area contributed by atoms with Crippen LogP contribution < -0.4 is 4.74 Å². The topological polar surface area (TPSA) is 90.3 Å². The predicted octanol–water partition coefficient (Wildman–Crippen LogP) is 7.27. The molecule has 3 aromatic carbocycles. The van der Waals surface area contributed by atoms with E-state index in [1.165, 1.54) is 12.0 Å². The summed E-state index contributed by atoms with van der Waals surface area (Å²) in [6.07, 6.45) is 10.9. The van der Waals surface area contributed by atoms with E-state index < -0.39 is 11.9 Å². The Hall–Kier alpha value is -3.94. The Morgan fingerprint density at radius 3 is 2.20 bits per heavy atom. The summed E-state index contributed by atoms with van der Waals surface area (Å²) < 4.78 is 6.22. The zero-order chi connectivity index (χ0) is 31.7. The van der Waals surface area contributed by atoms with Crippen LogP contribution >= 0.6 is 0 Å². The number of aliphatic carboxylic acids is 1. The first-order chi connectivity index (χ1) is 22.0. The van der Waals surface area contributed by atoms with Crippen molar-refractivity contribution in [3.8, 4) is 5.75 Å². The lowest BCUT2D eigenvalue weighted by Crippen LogP contribution is -2.46. The van der Waals surface area contributed by atoms with Gasteiger partial charge in [-0.1, -0.05) is 79.2 Å². The number of ether oxygens (including phenoxy) is 1. The first-order valence-corrected chi connectivity index (χ1v) is 16.4. The first-order valence-electron chi connectivity index (χ1n) is 16.4. The maximum absolute atomic E-state index is 11.2. The number of hydrogen-bond donors (Lipinski definition) is 2. The van der Waals surface area contributed by atoms with Gasteiger partial charge in [0.1, 0.15) is 5.75 Å². The molecule has 1 unspecified atom stereocenters. The molecule has 0 bridgehead atoms. The highest BCUT2D eigenvalue weighted by molar-refractivity contribution is 5.87. The highest BCUT2D eigenvalue weighted by Gasteiger charge is 2.16. The van der Waals surface area contributed by atoms with E-state index in [0.29, 0.717) is 13.0 Å². The van der Waals surface area contributed by atoms with E-state index >= 15 is 0 Å². The van der Waals surface area contributed by atoms with Crippen LogP contribution in [0.15, 0.2) is 84.9 Å². The molecule has 4 rings (SSSR count). The zero-order valence-corrected chi connectivity index (χ0v) is 26.4. The van der Waals surface area contributed by atoms with Gasteiger partial charge in [0.25, 0.3) is 0 Å². The summed E-state index contributed by atoms with van der Waals surface area (Å²) in [6, 6.07) is 25.8. The Morgan fingerprint density at radius 1 is 0.756 bits per heavy atom. The molecule has 1 heterocycles. The van der Waals surface area contributed by atoms with Gasteiger partial charge >= 0.3 is 11.9 Å². The van der Waals surface area contributed by atoms with Crippen molar-refractivity contribution in [1.29, 1.82) is 0 Å². The van der Waals surface area contributed by atoms with E-state index in [4.69, 9.17) is 9.84 Å². The van der Waals surface area contributed by atoms with E-state index in [1.54, 1.807) is 12.1 Å². The molecule has 45 heavy (non-hydrogen) atoms. The standard InChI is InChI=1S/C38H48N2O5/c41-37(42)16-8-5-11-31(29-32-18-21-35(22-19-32)38(43)44)17-20-34-14-6-7-15-36(34)45-28-10-2-9-23-39-24-26-40(27-25-39)30-33-12-3-1-4-13-33/h1,3-4,6-7,12-15,17-22,31H,2,5,8-11,16,23-30H2,(H,41,42)(H,43,44)/b20-17+. The number of unbranched alkanes of at least 4 members (excludes halogenated alkanes) is 3. The lowest BCUT2D eigenvalue weighted by Gasteiger charge is -2.34. The zero-order valence-electron chi connectivity index (χ0n) is 26.4. The third-order valence-corrected chi connectivity index (χ3v) is 8.47. The molecule has 1 atom stereocenters. The predicted molar refractivity (Wildman–Crippen MR) is 180 cm³/mol. The molecule has 0 amide bonds. The maximum atomic E-state index is 11.2. The quantitative estimate of drug-likeness (QED) is 0.138. The van der Waals surface area contributed by atoms with Gasteiger partial charge < -0.3 is 19.8 Å². The summed E-state index contributed by atoms with van der Waals surface area (Å²) in [7, 11) is 0. The third kappa shape index (κ3) is 12.5. The second kappa shape index (κ2) is 18.8. The highest BCUT2D eigenvalue weighted by atomic mass is 16.5. The molecule has 0 aliphatic carbocycles. The van der Waals surface area contributed by atoms with E-state index in [-0.39, 0.29) is 17.9 Å². The van der Waals surface area contributed by atoms with Gasteiger partial charge in [-0.15, -0.1) is 0 Å². The minimum atomic E-state index is -0.934. The van der Waals surface area contributed by atoms with Crippen LogP contribution in [0, 0.1) is 5.92 Å². The number of carboxylic acid groups (broad SMARTS) is 2. The number of carbonyl (C=O) groups is 2. The first kappa shape index (κ1) is 33.9. The molecule has 1 aliphatic heterocycles. The molecule has 1 aliphatic rings. The molecular weight excluding hydrogens is 564 g/mol. The van der Waals surface area contributed by atoms with E-state index in [1.807, 2.05) is 30.3 Å². The van der Waals surface area contributed by atoms with Gasteiger partial charge in [-0.2, -0.15) is 0 Å². The fraction of sp³-hybridized carbons (Fsp3) is 0.421. The average Bonchev–Trinajstić information content (AvgIpc) is 3.05. The molecule has 0 spiro atoms. The Balaban J connectivity index is 1.20. The molecule has 0 radical (unpaired) electrons. The van der Waals surface area contributed by atoms with Crippen LogP contribution in [0.2, 0.25) is 0 Å². The molecule has 1 saturated heterocycles. The number of hydrogen-bond acceptors (Lipinski definition) is 5. The summed E-state index contributed by atoms with van der Waals surface area (Å²) in [6.45, 7) is 7.40. The van der Waals surface area contributed by atoms with Crippen molar-refractivity contribution in [1.82, 2.24) is 9.80 Å². The number of piperazine rings is 1. The second-order valence-electron chi connectivity index (χ2n) is 12.0. The van der Waals surface area contributed by atoms with Crippen LogP contribution in [0.4, 0.5) is 0 Å². The van der Waals surface area contributed by atoms with Crippen LogP contribution in [0.1, 0.15) is 72.0 Å². The van der Waals surface area contributed by atoms with Crippen LogP contribution in [0.25, 0.3) is 6.08 Å². The van der Waals surface area contributed by atoms with Crippen LogP contribution in [0.3, 0.4) is 0 Å². The number of rotatable bonds is 19. The summed E-state index contributed by atoms with van der Waals surface area (Å²) in [4.78, 5) is 27.3. The van der Waals surface area contributed by atoms with Gasteiger partial charge in [-0.3, -0.25) is 9.69 Å². The lowest BCUT2D eigenvalue weighted by molar-refractivity contribution is -0.137. The number of allylic oxidation sites excluding steroid dienone is 1. The van der Waals surface area contributed by atoms with Gasteiger partial charge in [-0.05, 0) is 80.3 Å². The Kier molecular flexibility index (Phi) is 14.2. The smallest absolute Gasteiger partial charge is 0.335 e. The number of benzene rings is 3. The second-order valence-corrected chi connectivity index (χ2v) is 12.0. The van der Waals surface area contributed by atoms with Crippen LogP contribution in [-0.4, -0.2) is 71.3 Å². The van der Waals surface area contributed by atoms with Gasteiger partial charge in [0, 0.05) is 44.7 Å². The van der Waals surface area contributed by atoms with Gasteiger partial charge in [0.15, 0.2) is 0 Å². The Morgan fingerprint density at radius 2 is 1.47 bits per heavy atom. The van der Waals surface area contributed by atoms with Gasteiger partial charge in [0.2, 0.25) is 0 Å². The molecular formula is C38H48N2O5. The largest absolute Gasteiger partial charge is 0.493 e. The lowest BCUT2D eigenvalue weighted by atomic mass is 9.92. The number of aromatic carboxylic acids is 1. The SMILES string of the molecule is O=C(O)CCCCC(/C=C/c1ccccc1OCCCCCN1CCN(Cc2ccccc2)CC1)Cc1ccc(C(=O)O)cc1. The van der Waals surface area contributed by atoms with Crippen molar-refractivity contribution >= 4 is 18.0 Å². The van der Waals surface area contributed by atoms with Gasteiger partial charge in [0.05, 0.1) is 12.2 Å². The van der Waals surface area contributed by atoms with Crippen molar-refractivity contribution in [2.45, 2.75) is 57.9 Å². The molecule has 240 valence electrons.